The number of carbonyl (C=O) groups is 2. The molecular weight excluding hydrogens is 463 g/mol. The number of carbonyl (C=O) groups excluding carboxylic acids is 2. The monoisotopic (exact) mass is 474 g/mol. The lowest BCUT2D eigenvalue weighted by atomic mass is 10.3. The highest BCUT2D eigenvalue weighted by atomic mass is 79.9. The van der Waals surface area contributed by atoms with Gasteiger partial charge in [0, 0.05) is 9.50 Å². The molecule has 0 atom stereocenters. The molecule has 2 aromatic carbocycles. The number of benzene rings is 2. The maximum atomic E-state index is 11.8. The summed E-state index contributed by atoms with van der Waals surface area (Å²) in [6.45, 7) is -0.353. The summed E-state index contributed by atoms with van der Waals surface area (Å²) >= 11 is 12.5. The van der Waals surface area contributed by atoms with E-state index >= 15 is 0 Å². The SMILES string of the molecule is O=C(COc1ccc(Cl)cc1Br)NCC(=O)Nc1ccccc1Br. The van der Waals surface area contributed by atoms with Crippen LogP contribution in [0, 0.1) is 0 Å². The van der Waals surface area contributed by atoms with Crippen LogP contribution in [0.3, 0.4) is 0 Å². The molecule has 0 fully saturated rings. The topological polar surface area (TPSA) is 67.4 Å². The zero-order valence-corrected chi connectivity index (χ0v) is 16.2. The van der Waals surface area contributed by atoms with E-state index in [0.717, 1.165) is 4.47 Å². The maximum Gasteiger partial charge on any atom is 0.258 e. The van der Waals surface area contributed by atoms with Crippen LogP contribution in [0.4, 0.5) is 5.69 Å². The van der Waals surface area contributed by atoms with Crippen molar-refractivity contribution in [3.8, 4) is 5.75 Å². The molecule has 0 unspecified atom stereocenters. The Morgan fingerprint density at radius 3 is 2.50 bits per heavy atom. The molecule has 0 heterocycles. The van der Waals surface area contributed by atoms with E-state index in [1.54, 1.807) is 30.3 Å². The van der Waals surface area contributed by atoms with Gasteiger partial charge in [-0.1, -0.05) is 23.7 Å². The zero-order chi connectivity index (χ0) is 17.5. The lowest BCUT2D eigenvalue weighted by Gasteiger charge is -2.10. The Kier molecular flexibility index (Phi) is 7.08. The summed E-state index contributed by atoms with van der Waals surface area (Å²) < 4.78 is 6.78. The Labute approximate surface area is 161 Å². The van der Waals surface area contributed by atoms with Crippen LogP contribution in [-0.2, 0) is 9.59 Å². The van der Waals surface area contributed by atoms with E-state index in [1.807, 2.05) is 12.1 Å². The molecule has 0 spiro atoms. The van der Waals surface area contributed by atoms with Gasteiger partial charge in [0.05, 0.1) is 16.7 Å². The Balaban J connectivity index is 1.76. The van der Waals surface area contributed by atoms with Crippen molar-refractivity contribution in [3.63, 3.8) is 0 Å². The third-order valence-electron chi connectivity index (χ3n) is 2.85. The summed E-state index contributed by atoms with van der Waals surface area (Å²) in [6, 6.07) is 12.2. The average molecular weight is 477 g/mol. The predicted octanol–water partition coefficient (Wildman–Crippen LogP) is 4.00. The number of para-hydroxylation sites is 1. The van der Waals surface area contributed by atoms with Crippen molar-refractivity contribution in [2.24, 2.45) is 0 Å². The van der Waals surface area contributed by atoms with Crippen molar-refractivity contribution in [3.05, 3.63) is 56.4 Å². The van der Waals surface area contributed by atoms with E-state index in [0.29, 0.717) is 20.9 Å². The Morgan fingerprint density at radius 1 is 1.04 bits per heavy atom. The molecule has 8 heteroatoms. The van der Waals surface area contributed by atoms with Crippen LogP contribution in [0.5, 0.6) is 5.75 Å². The van der Waals surface area contributed by atoms with Crippen molar-refractivity contribution in [1.29, 1.82) is 0 Å². The fourth-order valence-corrected chi connectivity index (χ4v) is 2.90. The first-order valence-electron chi connectivity index (χ1n) is 6.84. The quantitative estimate of drug-likeness (QED) is 0.662. The highest BCUT2D eigenvalue weighted by Gasteiger charge is 2.09. The fourth-order valence-electron chi connectivity index (χ4n) is 1.72. The molecule has 0 saturated heterocycles. The summed E-state index contributed by atoms with van der Waals surface area (Å²) in [5, 5.41) is 5.74. The summed E-state index contributed by atoms with van der Waals surface area (Å²) in [6.07, 6.45) is 0. The Hall–Kier alpha value is -1.57. The average Bonchev–Trinajstić information content (AvgIpc) is 2.54. The zero-order valence-electron chi connectivity index (χ0n) is 12.3. The fraction of sp³-hybridized carbons (Fsp3) is 0.125. The second kappa shape index (κ2) is 9.05. The smallest absolute Gasteiger partial charge is 0.258 e. The highest BCUT2D eigenvalue weighted by Crippen LogP contribution is 2.27. The van der Waals surface area contributed by atoms with E-state index in [2.05, 4.69) is 42.5 Å². The lowest BCUT2D eigenvalue weighted by molar-refractivity contribution is -0.125. The molecular formula is C16H13Br2ClN2O3. The van der Waals surface area contributed by atoms with Gasteiger partial charge in [0.15, 0.2) is 6.61 Å². The van der Waals surface area contributed by atoms with Crippen molar-refractivity contribution in [1.82, 2.24) is 5.32 Å². The van der Waals surface area contributed by atoms with Crippen LogP contribution >= 0.6 is 43.5 Å². The lowest BCUT2D eigenvalue weighted by Crippen LogP contribution is -2.35. The summed E-state index contributed by atoms with van der Waals surface area (Å²) in [5.41, 5.74) is 0.637. The number of amides is 2. The first-order valence-corrected chi connectivity index (χ1v) is 8.81. The van der Waals surface area contributed by atoms with Gasteiger partial charge >= 0.3 is 0 Å². The highest BCUT2D eigenvalue weighted by molar-refractivity contribution is 9.11. The van der Waals surface area contributed by atoms with Crippen LogP contribution in [0.25, 0.3) is 0 Å². The van der Waals surface area contributed by atoms with Crippen LogP contribution in [0.15, 0.2) is 51.4 Å². The number of hydrogen-bond acceptors (Lipinski definition) is 3. The normalized spacial score (nSPS) is 10.1. The summed E-state index contributed by atoms with van der Waals surface area (Å²) in [4.78, 5) is 23.6. The molecule has 2 rings (SSSR count). The second-order valence-electron chi connectivity index (χ2n) is 4.67. The number of anilines is 1. The summed E-state index contributed by atoms with van der Waals surface area (Å²) in [5.74, 6) is -0.241. The molecule has 0 bridgehead atoms. The van der Waals surface area contributed by atoms with E-state index in [1.165, 1.54) is 0 Å². The molecule has 2 amide bonds. The molecule has 126 valence electrons. The van der Waals surface area contributed by atoms with E-state index in [9.17, 15) is 9.59 Å². The number of halogens is 3. The van der Waals surface area contributed by atoms with Crippen molar-refractivity contribution in [2.45, 2.75) is 0 Å². The van der Waals surface area contributed by atoms with Gasteiger partial charge in [-0.15, -0.1) is 0 Å². The van der Waals surface area contributed by atoms with E-state index < -0.39 is 5.91 Å². The van der Waals surface area contributed by atoms with Gasteiger partial charge in [0.25, 0.3) is 5.91 Å². The molecule has 2 aromatic rings. The third kappa shape index (κ3) is 5.81. The van der Waals surface area contributed by atoms with Crippen LogP contribution in [-0.4, -0.2) is 25.0 Å². The summed E-state index contributed by atoms with van der Waals surface area (Å²) in [7, 11) is 0. The number of hydrogen-bond donors (Lipinski definition) is 2. The van der Waals surface area contributed by atoms with Crippen LogP contribution in [0.2, 0.25) is 5.02 Å². The molecule has 0 aliphatic heterocycles. The molecule has 0 aliphatic rings. The first kappa shape index (κ1) is 18.8. The Bertz CT molecular complexity index is 756. The molecule has 2 N–H and O–H groups in total. The molecule has 0 aromatic heterocycles. The van der Waals surface area contributed by atoms with E-state index in [-0.39, 0.29) is 19.1 Å². The van der Waals surface area contributed by atoms with Crippen LogP contribution in [0.1, 0.15) is 0 Å². The van der Waals surface area contributed by atoms with Crippen LogP contribution < -0.4 is 15.4 Å². The minimum atomic E-state index is -0.404. The van der Waals surface area contributed by atoms with Gasteiger partial charge in [0.2, 0.25) is 5.91 Å². The van der Waals surface area contributed by atoms with Gasteiger partial charge < -0.3 is 15.4 Å². The standard InChI is InChI=1S/C16H13Br2ClN2O3/c17-11-3-1-2-4-13(11)21-15(22)8-20-16(23)9-24-14-6-5-10(19)7-12(14)18/h1-7H,8-9H2,(H,20,23)(H,21,22). The molecule has 0 saturated carbocycles. The van der Waals surface area contributed by atoms with Crippen molar-refractivity contribution < 1.29 is 14.3 Å². The number of rotatable bonds is 6. The minimum Gasteiger partial charge on any atom is -0.483 e. The molecule has 24 heavy (non-hydrogen) atoms. The number of ether oxygens (including phenoxy) is 1. The first-order chi connectivity index (χ1) is 11.5. The minimum absolute atomic E-state index is 0.148. The van der Waals surface area contributed by atoms with E-state index in [4.69, 9.17) is 16.3 Å². The molecule has 0 aliphatic carbocycles. The van der Waals surface area contributed by atoms with Gasteiger partial charge in [-0.3, -0.25) is 9.59 Å². The maximum absolute atomic E-state index is 11.8. The van der Waals surface area contributed by atoms with Gasteiger partial charge in [-0.2, -0.15) is 0 Å². The molecule has 0 radical (unpaired) electrons. The van der Waals surface area contributed by atoms with Gasteiger partial charge in [-0.25, -0.2) is 0 Å². The third-order valence-corrected chi connectivity index (χ3v) is 4.39. The Morgan fingerprint density at radius 2 is 1.79 bits per heavy atom. The largest absolute Gasteiger partial charge is 0.483 e. The number of nitrogens with one attached hydrogen (secondary N) is 2. The van der Waals surface area contributed by atoms with Gasteiger partial charge in [-0.05, 0) is 62.2 Å². The van der Waals surface area contributed by atoms with Gasteiger partial charge in [0.1, 0.15) is 5.75 Å². The predicted molar refractivity (Wildman–Crippen MR) is 100 cm³/mol. The molecule has 5 nitrogen and oxygen atoms in total. The van der Waals surface area contributed by atoms with Crippen molar-refractivity contribution in [2.75, 3.05) is 18.5 Å². The second-order valence-corrected chi connectivity index (χ2v) is 6.81. The van der Waals surface area contributed by atoms with Crippen molar-refractivity contribution >= 4 is 61.0 Å².